The molecule has 1 unspecified atom stereocenters. The third-order valence-electron chi connectivity index (χ3n) is 5.97. The van der Waals surface area contributed by atoms with Gasteiger partial charge in [-0.25, -0.2) is 4.98 Å². The molecule has 0 bridgehead atoms. The monoisotopic (exact) mass is 413 g/mol. The number of nitrogens with zero attached hydrogens (tertiary/aromatic N) is 4. The van der Waals surface area contributed by atoms with E-state index in [2.05, 4.69) is 15.2 Å². The van der Waals surface area contributed by atoms with Gasteiger partial charge < -0.3 is 19.5 Å². The van der Waals surface area contributed by atoms with Crippen LogP contribution in [0.3, 0.4) is 0 Å². The molecule has 2 saturated heterocycles. The second kappa shape index (κ2) is 8.93. The predicted octanol–water partition coefficient (Wildman–Crippen LogP) is 2.47. The lowest BCUT2D eigenvalue weighted by molar-refractivity contribution is -0.384. The van der Waals surface area contributed by atoms with Gasteiger partial charge in [-0.05, 0) is 37.3 Å². The maximum absolute atomic E-state index is 12.6. The molecule has 1 aromatic carbocycles. The van der Waals surface area contributed by atoms with Crippen molar-refractivity contribution >= 4 is 17.2 Å². The molecule has 1 aromatic heterocycles. The van der Waals surface area contributed by atoms with Crippen molar-refractivity contribution in [2.75, 3.05) is 38.2 Å². The molecule has 9 nitrogen and oxygen atoms in total. The first-order chi connectivity index (χ1) is 14.5. The molecule has 30 heavy (non-hydrogen) atoms. The Labute approximate surface area is 175 Å². The van der Waals surface area contributed by atoms with E-state index in [1.54, 1.807) is 29.9 Å². The highest BCUT2D eigenvalue weighted by molar-refractivity contribution is 6.07. The lowest BCUT2D eigenvalue weighted by Crippen LogP contribution is -2.41. The van der Waals surface area contributed by atoms with Crippen LogP contribution in [0.1, 0.15) is 35.4 Å². The van der Waals surface area contributed by atoms with Gasteiger partial charge in [0.25, 0.3) is 5.69 Å². The maximum atomic E-state index is 12.6. The first-order valence-corrected chi connectivity index (χ1v) is 10.4. The van der Waals surface area contributed by atoms with Crippen LogP contribution in [0.2, 0.25) is 0 Å². The van der Waals surface area contributed by atoms with E-state index in [9.17, 15) is 14.9 Å². The summed E-state index contributed by atoms with van der Waals surface area (Å²) in [6, 6.07) is 4.78. The van der Waals surface area contributed by atoms with Crippen molar-refractivity contribution in [1.29, 1.82) is 0 Å². The third-order valence-corrected chi connectivity index (χ3v) is 5.97. The van der Waals surface area contributed by atoms with Gasteiger partial charge in [0.15, 0.2) is 5.82 Å². The molecule has 160 valence electrons. The number of likely N-dealkylation sites (tertiary alicyclic amines) is 1. The molecular weight excluding hydrogens is 386 g/mol. The second-order valence-electron chi connectivity index (χ2n) is 8.13. The number of ketones is 1. The van der Waals surface area contributed by atoms with E-state index in [1.165, 1.54) is 12.3 Å². The molecule has 2 aromatic rings. The average Bonchev–Trinajstić information content (AvgIpc) is 3.40. The number of anilines is 1. The first-order valence-electron chi connectivity index (χ1n) is 10.4. The van der Waals surface area contributed by atoms with Crippen molar-refractivity contribution in [3.05, 3.63) is 52.1 Å². The minimum atomic E-state index is -0.438. The second-order valence-corrected chi connectivity index (χ2v) is 8.13. The van der Waals surface area contributed by atoms with Gasteiger partial charge in [0.1, 0.15) is 5.69 Å². The molecule has 9 heteroatoms. The van der Waals surface area contributed by atoms with Crippen molar-refractivity contribution in [2.45, 2.75) is 25.3 Å². The van der Waals surface area contributed by atoms with E-state index >= 15 is 0 Å². The number of benzene rings is 1. The van der Waals surface area contributed by atoms with Crippen molar-refractivity contribution in [3.63, 3.8) is 0 Å². The van der Waals surface area contributed by atoms with E-state index in [0.29, 0.717) is 11.6 Å². The van der Waals surface area contributed by atoms with Crippen LogP contribution in [0.25, 0.3) is 0 Å². The van der Waals surface area contributed by atoms with Crippen LogP contribution in [0, 0.1) is 16.0 Å². The van der Waals surface area contributed by atoms with E-state index in [0.717, 1.165) is 52.1 Å². The van der Waals surface area contributed by atoms with Gasteiger partial charge in [0.2, 0.25) is 5.78 Å². The standard InChI is InChI=1S/C21H27N5O4/c1-24-10-7-22-21(24)20(27)16-2-3-18(19(12-16)26(28)29)23-17-4-8-25(9-5-17)13-15-6-11-30-14-15/h2-3,7,10,12,15,17,23H,4-6,8-9,11,13-14H2,1H3. The fraction of sp³-hybridized carbons (Fsp3) is 0.524. The number of aryl methyl sites for hydroxylation is 1. The highest BCUT2D eigenvalue weighted by atomic mass is 16.6. The summed E-state index contributed by atoms with van der Waals surface area (Å²) in [5.41, 5.74) is 0.634. The number of piperidine rings is 1. The van der Waals surface area contributed by atoms with Crippen LogP contribution in [-0.4, -0.2) is 64.0 Å². The highest BCUT2D eigenvalue weighted by Crippen LogP contribution is 2.29. The van der Waals surface area contributed by atoms with Gasteiger partial charge in [0.05, 0.1) is 11.5 Å². The molecule has 0 radical (unpaired) electrons. The minimum Gasteiger partial charge on any atom is -0.381 e. The lowest BCUT2D eigenvalue weighted by atomic mass is 10.0. The summed E-state index contributed by atoms with van der Waals surface area (Å²) in [7, 11) is 1.72. The van der Waals surface area contributed by atoms with Crippen LogP contribution < -0.4 is 5.32 Å². The number of carbonyl (C=O) groups excluding carboxylic acids is 1. The van der Waals surface area contributed by atoms with Crippen LogP contribution in [0.4, 0.5) is 11.4 Å². The zero-order valence-corrected chi connectivity index (χ0v) is 17.1. The Balaban J connectivity index is 1.41. The fourth-order valence-electron chi connectivity index (χ4n) is 4.23. The van der Waals surface area contributed by atoms with Crippen LogP contribution >= 0.6 is 0 Å². The van der Waals surface area contributed by atoms with Crippen molar-refractivity contribution < 1.29 is 14.5 Å². The van der Waals surface area contributed by atoms with Gasteiger partial charge in [-0.15, -0.1) is 0 Å². The zero-order chi connectivity index (χ0) is 21.1. The van der Waals surface area contributed by atoms with Gasteiger partial charge in [-0.2, -0.15) is 0 Å². The Kier molecular flexibility index (Phi) is 6.10. The quantitative estimate of drug-likeness (QED) is 0.423. The lowest BCUT2D eigenvalue weighted by Gasteiger charge is -2.34. The Hall–Kier alpha value is -2.78. The molecule has 0 saturated carbocycles. The van der Waals surface area contributed by atoms with E-state index < -0.39 is 4.92 Å². The number of imidazole rings is 1. The Bertz CT molecular complexity index is 914. The topological polar surface area (TPSA) is 103 Å². The normalized spacial score (nSPS) is 20.4. The molecule has 0 spiro atoms. The smallest absolute Gasteiger partial charge is 0.293 e. The molecule has 0 aliphatic carbocycles. The van der Waals surface area contributed by atoms with Crippen LogP contribution in [0.5, 0.6) is 0 Å². The number of hydrogen-bond donors (Lipinski definition) is 1. The van der Waals surface area contributed by atoms with E-state index in [4.69, 9.17) is 4.74 Å². The number of aromatic nitrogens is 2. The molecule has 1 atom stereocenters. The molecule has 2 aliphatic rings. The highest BCUT2D eigenvalue weighted by Gasteiger charge is 2.26. The zero-order valence-electron chi connectivity index (χ0n) is 17.1. The summed E-state index contributed by atoms with van der Waals surface area (Å²) in [6.45, 7) is 4.73. The summed E-state index contributed by atoms with van der Waals surface area (Å²) < 4.78 is 7.06. The summed E-state index contributed by atoms with van der Waals surface area (Å²) in [5.74, 6) is 0.547. The summed E-state index contributed by atoms with van der Waals surface area (Å²) >= 11 is 0. The minimum absolute atomic E-state index is 0.0828. The van der Waals surface area contributed by atoms with Gasteiger partial charge in [-0.1, -0.05) is 0 Å². The largest absolute Gasteiger partial charge is 0.381 e. The number of hydrogen-bond acceptors (Lipinski definition) is 7. The van der Waals surface area contributed by atoms with Crippen molar-refractivity contribution in [1.82, 2.24) is 14.5 Å². The molecule has 4 rings (SSSR count). The van der Waals surface area contributed by atoms with E-state index in [-0.39, 0.29) is 28.9 Å². The van der Waals surface area contributed by atoms with Crippen molar-refractivity contribution in [3.8, 4) is 0 Å². The molecular formula is C21H27N5O4. The number of ether oxygens (including phenoxy) is 1. The molecule has 2 aliphatic heterocycles. The first kappa shape index (κ1) is 20.5. The third kappa shape index (κ3) is 4.52. The molecule has 0 amide bonds. The van der Waals surface area contributed by atoms with E-state index in [1.807, 2.05) is 0 Å². The predicted molar refractivity (Wildman–Crippen MR) is 112 cm³/mol. The number of nitrogens with one attached hydrogen (secondary N) is 1. The number of nitro benzene ring substituents is 1. The SMILES string of the molecule is Cn1ccnc1C(=O)c1ccc(NC2CCN(CC3CCOC3)CC2)c([N+](=O)[O-])c1. The average molecular weight is 413 g/mol. The number of rotatable bonds is 7. The molecule has 1 N–H and O–H groups in total. The Morgan fingerprint density at radius 3 is 2.77 bits per heavy atom. The summed E-state index contributed by atoms with van der Waals surface area (Å²) in [6.07, 6.45) is 6.19. The number of carbonyl (C=O) groups is 1. The maximum Gasteiger partial charge on any atom is 0.293 e. The van der Waals surface area contributed by atoms with Gasteiger partial charge in [-0.3, -0.25) is 14.9 Å². The van der Waals surface area contributed by atoms with Crippen LogP contribution in [0.15, 0.2) is 30.6 Å². The Morgan fingerprint density at radius 2 is 2.13 bits per heavy atom. The van der Waals surface area contributed by atoms with Gasteiger partial charge >= 0.3 is 0 Å². The van der Waals surface area contributed by atoms with Crippen molar-refractivity contribution in [2.24, 2.45) is 13.0 Å². The van der Waals surface area contributed by atoms with Crippen LogP contribution in [-0.2, 0) is 11.8 Å². The van der Waals surface area contributed by atoms with Gasteiger partial charge in [0, 0.05) is 63.4 Å². The fourth-order valence-corrected chi connectivity index (χ4v) is 4.23. The number of nitro groups is 1. The molecule has 2 fully saturated rings. The summed E-state index contributed by atoms with van der Waals surface area (Å²) in [5, 5.41) is 15.0. The molecule has 3 heterocycles. The summed E-state index contributed by atoms with van der Waals surface area (Å²) in [4.78, 5) is 30.4. The Morgan fingerprint density at radius 1 is 1.33 bits per heavy atom.